The molecule has 118 valence electrons. The topological polar surface area (TPSA) is 55.6 Å². The van der Waals surface area contributed by atoms with Crippen LogP contribution in [0.1, 0.15) is 21.8 Å². The third kappa shape index (κ3) is 3.04. The maximum absolute atomic E-state index is 12.7. The van der Waals surface area contributed by atoms with Gasteiger partial charge in [-0.3, -0.25) is 9.78 Å². The first-order valence-electron chi connectivity index (χ1n) is 7.31. The van der Waals surface area contributed by atoms with Gasteiger partial charge in [0.1, 0.15) is 11.5 Å². The third-order valence-corrected chi connectivity index (χ3v) is 3.77. The number of ether oxygens (including phenoxy) is 1. The second-order valence-electron chi connectivity index (χ2n) is 5.42. The minimum Gasteiger partial charge on any atom is -0.497 e. The van der Waals surface area contributed by atoms with Crippen LogP contribution >= 0.6 is 0 Å². The van der Waals surface area contributed by atoms with Gasteiger partial charge in [0.05, 0.1) is 36.7 Å². The number of fused-ring (bicyclic) bond motifs is 1. The van der Waals surface area contributed by atoms with Gasteiger partial charge in [-0.05, 0) is 37.3 Å². The molecular weight excluding hydrogens is 292 g/mol. The summed E-state index contributed by atoms with van der Waals surface area (Å²) in [6.07, 6.45) is 1.60. The van der Waals surface area contributed by atoms with E-state index in [1.165, 1.54) is 0 Å². The Kier molecular flexibility index (Phi) is 4.02. The zero-order chi connectivity index (χ0) is 16.4. The van der Waals surface area contributed by atoms with E-state index in [9.17, 15) is 4.79 Å². The zero-order valence-corrected chi connectivity index (χ0v) is 13.4. The van der Waals surface area contributed by atoms with E-state index < -0.39 is 0 Å². The average Bonchev–Trinajstić information content (AvgIpc) is 3.05. The molecule has 2 heterocycles. The number of aromatic nitrogens is 1. The van der Waals surface area contributed by atoms with Gasteiger partial charge in [-0.25, -0.2) is 0 Å². The molecule has 0 aliphatic heterocycles. The minimum atomic E-state index is -0.0795. The van der Waals surface area contributed by atoms with E-state index >= 15 is 0 Å². The molecule has 23 heavy (non-hydrogen) atoms. The van der Waals surface area contributed by atoms with Crippen molar-refractivity contribution in [3.05, 3.63) is 59.7 Å². The minimum absolute atomic E-state index is 0.0795. The lowest BCUT2D eigenvalue weighted by Crippen LogP contribution is -2.27. The van der Waals surface area contributed by atoms with Crippen LogP contribution in [0.15, 0.2) is 47.1 Å². The molecule has 0 spiro atoms. The van der Waals surface area contributed by atoms with E-state index in [1.807, 2.05) is 43.3 Å². The van der Waals surface area contributed by atoms with Crippen LogP contribution in [0.25, 0.3) is 10.9 Å². The fourth-order valence-electron chi connectivity index (χ4n) is 2.50. The van der Waals surface area contributed by atoms with E-state index in [4.69, 9.17) is 9.15 Å². The smallest absolute Gasteiger partial charge is 0.255 e. The lowest BCUT2D eigenvalue weighted by atomic mass is 10.1. The van der Waals surface area contributed by atoms with Crippen molar-refractivity contribution < 1.29 is 13.9 Å². The molecular formula is C18H18N2O3. The highest BCUT2D eigenvalue weighted by Gasteiger charge is 2.17. The highest BCUT2D eigenvalue weighted by molar-refractivity contribution is 5.98. The van der Waals surface area contributed by atoms with Crippen molar-refractivity contribution in [2.24, 2.45) is 0 Å². The second-order valence-corrected chi connectivity index (χ2v) is 5.42. The molecule has 0 fully saturated rings. The summed E-state index contributed by atoms with van der Waals surface area (Å²) in [5.41, 5.74) is 2.10. The lowest BCUT2D eigenvalue weighted by Gasteiger charge is -2.17. The number of hydrogen-bond acceptors (Lipinski definition) is 4. The molecule has 1 aromatic carbocycles. The molecule has 3 rings (SSSR count). The Labute approximate surface area is 134 Å². The normalized spacial score (nSPS) is 10.7. The molecule has 0 unspecified atom stereocenters. The number of carbonyl (C=O) groups is 1. The highest BCUT2D eigenvalue weighted by atomic mass is 16.5. The largest absolute Gasteiger partial charge is 0.497 e. The van der Waals surface area contributed by atoms with E-state index in [1.54, 1.807) is 25.3 Å². The first kappa shape index (κ1) is 15.1. The average molecular weight is 310 g/mol. The molecule has 2 aromatic heterocycles. The number of furan rings is 1. The number of methoxy groups -OCH3 is 1. The first-order chi connectivity index (χ1) is 11.1. The van der Waals surface area contributed by atoms with Crippen LogP contribution in [0.3, 0.4) is 0 Å². The fraction of sp³-hybridized carbons (Fsp3) is 0.222. The van der Waals surface area contributed by atoms with Crippen LogP contribution in [0.5, 0.6) is 5.75 Å². The number of amides is 1. The lowest BCUT2D eigenvalue weighted by molar-refractivity contribution is 0.0774. The molecule has 0 atom stereocenters. The van der Waals surface area contributed by atoms with Crippen molar-refractivity contribution >= 4 is 16.8 Å². The molecule has 0 saturated heterocycles. The van der Waals surface area contributed by atoms with E-state index in [2.05, 4.69) is 4.98 Å². The number of nitrogens with zero attached hydrogens (tertiary/aromatic N) is 2. The summed E-state index contributed by atoms with van der Waals surface area (Å²) in [7, 11) is 3.37. The summed E-state index contributed by atoms with van der Waals surface area (Å²) >= 11 is 0. The Bertz CT molecular complexity index is 841. The van der Waals surface area contributed by atoms with Crippen molar-refractivity contribution in [1.82, 2.24) is 9.88 Å². The van der Waals surface area contributed by atoms with Gasteiger partial charge in [0.2, 0.25) is 0 Å². The Morgan fingerprint density at radius 2 is 2.13 bits per heavy atom. The van der Waals surface area contributed by atoms with Gasteiger partial charge in [0.25, 0.3) is 5.91 Å². The molecule has 0 saturated carbocycles. The fourth-order valence-corrected chi connectivity index (χ4v) is 2.50. The summed E-state index contributed by atoms with van der Waals surface area (Å²) in [6.45, 7) is 2.26. The molecule has 0 aliphatic carbocycles. The van der Waals surface area contributed by atoms with Crippen LogP contribution in [-0.2, 0) is 6.54 Å². The summed E-state index contributed by atoms with van der Waals surface area (Å²) in [5.74, 6) is 1.42. The summed E-state index contributed by atoms with van der Waals surface area (Å²) < 4.78 is 10.5. The van der Waals surface area contributed by atoms with Gasteiger partial charge < -0.3 is 14.1 Å². The van der Waals surface area contributed by atoms with Crippen LogP contribution in [0, 0.1) is 6.92 Å². The maximum Gasteiger partial charge on any atom is 0.255 e. The Morgan fingerprint density at radius 3 is 2.83 bits per heavy atom. The van der Waals surface area contributed by atoms with Gasteiger partial charge >= 0.3 is 0 Å². The Hall–Kier alpha value is -2.82. The first-order valence-corrected chi connectivity index (χ1v) is 7.31. The SMILES string of the molecule is COc1ccc2cc(C(=O)N(C)Cc3ccco3)c(C)nc2c1. The maximum atomic E-state index is 12.7. The summed E-state index contributed by atoms with van der Waals surface area (Å²) in [6, 6.07) is 11.2. The number of carbonyl (C=O) groups excluding carboxylic acids is 1. The molecule has 5 nitrogen and oxygen atoms in total. The van der Waals surface area contributed by atoms with Crippen molar-refractivity contribution in [3.63, 3.8) is 0 Å². The predicted molar refractivity (Wildman–Crippen MR) is 87.5 cm³/mol. The number of aryl methyl sites for hydroxylation is 1. The molecule has 0 aliphatic rings. The quantitative estimate of drug-likeness (QED) is 0.741. The molecule has 3 aromatic rings. The van der Waals surface area contributed by atoms with Crippen molar-refractivity contribution in [2.45, 2.75) is 13.5 Å². The van der Waals surface area contributed by atoms with Crippen LogP contribution in [-0.4, -0.2) is 29.9 Å². The van der Waals surface area contributed by atoms with E-state index in [0.29, 0.717) is 17.8 Å². The number of benzene rings is 1. The molecule has 0 radical (unpaired) electrons. The monoisotopic (exact) mass is 310 g/mol. The van der Waals surface area contributed by atoms with Gasteiger partial charge in [0.15, 0.2) is 0 Å². The number of pyridine rings is 1. The van der Waals surface area contributed by atoms with Gasteiger partial charge in [-0.2, -0.15) is 0 Å². The van der Waals surface area contributed by atoms with Crippen molar-refractivity contribution in [1.29, 1.82) is 0 Å². The Balaban J connectivity index is 1.92. The molecule has 0 bridgehead atoms. The van der Waals surface area contributed by atoms with Crippen LogP contribution in [0.2, 0.25) is 0 Å². The standard InChI is InChI=1S/C18H18N2O3/c1-12-16(18(21)20(2)11-15-5-4-8-23-15)9-13-6-7-14(22-3)10-17(13)19-12/h4-10H,11H2,1-3H3. The van der Waals surface area contributed by atoms with E-state index in [0.717, 1.165) is 22.4 Å². The predicted octanol–water partition coefficient (Wildman–Crippen LogP) is 3.42. The highest BCUT2D eigenvalue weighted by Crippen LogP contribution is 2.22. The second kappa shape index (κ2) is 6.12. The Morgan fingerprint density at radius 1 is 1.30 bits per heavy atom. The summed E-state index contributed by atoms with van der Waals surface area (Å²) in [5, 5.41) is 0.908. The van der Waals surface area contributed by atoms with Crippen LogP contribution < -0.4 is 4.74 Å². The van der Waals surface area contributed by atoms with Gasteiger partial charge in [-0.1, -0.05) is 0 Å². The van der Waals surface area contributed by atoms with Crippen molar-refractivity contribution in [3.8, 4) is 5.75 Å². The molecule has 5 heteroatoms. The number of hydrogen-bond donors (Lipinski definition) is 0. The van der Waals surface area contributed by atoms with Crippen molar-refractivity contribution in [2.75, 3.05) is 14.2 Å². The van der Waals surface area contributed by atoms with E-state index in [-0.39, 0.29) is 5.91 Å². The van der Waals surface area contributed by atoms with Gasteiger partial charge in [-0.15, -0.1) is 0 Å². The van der Waals surface area contributed by atoms with Crippen LogP contribution in [0.4, 0.5) is 0 Å². The van der Waals surface area contributed by atoms with Gasteiger partial charge in [0, 0.05) is 18.5 Å². The third-order valence-electron chi connectivity index (χ3n) is 3.77. The number of rotatable bonds is 4. The zero-order valence-electron chi connectivity index (χ0n) is 13.4. The summed E-state index contributed by atoms with van der Waals surface area (Å²) in [4.78, 5) is 18.8. The molecule has 0 N–H and O–H groups in total. The molecule has 1 amide bonds.